The molecule has 0 aliphatic carbocycles. The Balaban J connectivity index is 1.91. The zero-order valence-corrected chi connectivity index (χ0v) is 17.2. The smallest absolute Gasteiger partial charge is 0.270 e. The molecule has 4 nitrogen and oxygen atoms in total. The van der Waals surface area contributed by atoms with Crippen LogP contribution in [0.4, 0.5) is 4.39 Å². The summed E-state index contributed by atoms with van der Waals surface area (Å²) in [6, 6.07) is 12.9. The van der Waals surface area contributed by atoms with Crippen molar-refractivity contribution >= 4 is 33.8 Å². The number of hydrogen-bond acceptors (Lipinski definition) is 2. The minimum Gasteiger partial charge on any atom is -0.337 e. The van der Waals surface area contributed by atoms with Crippen molar-refractivity contribution in [2.45, 2.75) is 19.8 Å². The van der Waals surface area contributed by atoms with Gasteiger partial charge in [0, 0.05) is 17.6 Å². The second-order valence-corrected chi connectivity index (χ2v) is 7.90. The van der Waals surface area contributed by atoms with E-state index in [0.717, 1.165) is 12.8 Å². The number of rotatable bonds is 4. The Labute approximate surface area is 172 Å². The maximum absolute atomic E-state index is 13.6. The van der Waals surface area contributed by atoms with Crippen LogP contribution >= 0.6 is 15.9 Å². The van der Waals surface area contributed by atoms with Gasteiger partial charge in [0.2, 0.25) is 0 Å². The lowest BCUT2D eigenvalue weighted by Gasteiger charge is -2.31. The van der Waals surface area contributed by atoms with E-state index in [1.165, 1.54) is 18.2 Å². The lowest BCUT2D eigenvalue weighted by Crippen LogP contribution is -2.43. The third-order valence-corrected chi connectivity index (χ3v) is 5.39. The Morgan fingerprint density at radius 1 is 1.21 bits per heavy atom. The van der Waals surface area contributed by atoms with E-state index in [1.807, 2.05) is 6.07 Å². The second-order valence-electron chi connectivity index (χ2n) is 7.05. The molecule has 1 fully saturated rings. The number of benzene rings is 2. The molecule has 1 N–H and O–H groups in total. The highest BCUT2D eigenvalue weighted by atomic mass is 79.9. The van der Waals surface area contributed by atoms with E-state index < -0.39 is 11.7 Å². The summed E-state index contributed by atoms with van der Waals surface area (Å²) >= 11 is 3.36. The van der Waals surface area contributed by atoms with Crippen LogP contribution in [-0.4, -0.2) is 29.8 Å². The van der Waals surface area contributed by atoms with Crippen molar-refractivity contribution in [1.82, 2.24) is 10.2 Å². The van der Waals surface area contributed by atoms with Gasteiger partial charge in [-0.05, 0) is 70.6 Å². The number of likely N-dealkylation sites (tertiary alicyclic amines) is 1. The maximum atomic E-state index is 13.6. The van der Waals surface area contributed by atoms with E-state index in [2.05, 4.69) is 28.2 Å². The lowest BCUT2D eigenvalue weighted by atomic mass is 10.00. The molecule has 6 heteroatoms. The van der Waals surface area contributed by atoms with Gasteiger partial charge in [-0.25, -0.2) is 4.39 Å². The summed E-state index contributed by atoms with van der Waals surface area (Å²) < 4.78 is 14.2. The molecule has 0 aromatic heterocycles. The van der Waals surface area contributed by atoms with Crippen molar-refractivity contribution in [3.05, 3.63) is 75.6 Å². The second kappa shape index (κ2) is 9.15. The van der Waals surface area contributed by atoms with Gasteiger partial charge in [0.1, 0.15) is 11.5 Å². The van der Waals surface area contributed by atoms with E-state index in [4.69, 9.17) is 0 Å². The van der Waals surface area contributed by atoms with E-state index in [9.17, 15) is 14.0 Å². The van der Waals surface area contributed by atoms with Crippen LogP contribution in [0.1, 0.15) is 35.7 Å². The van der Waals surface area contributed by atoms with Crippen molar-refractivity contribution < 1.29 is 14.0 Å². The third kappa shape index (κ3) is 5.07. The fourth-order valence-electron chi connectivity index (χ4n) is 3.29. The van der Waals surface area contributed by atoms with Crippen LogP contribution in [0.5, 0.6) is 0 Å². The van der Waals surface area contributed by atoms with Crippen molar-refractivity contribution in [2.24, 2.45) is 5.92 Å². The molecular formula is C22H22BrFN2O2. The number of nitrogens with one attached hydrogen (secondary N) is 1. The highest BCUT2D eigenvalue weighted by molar-refractivity contribution is 9.10. The highest BCUT2D eigenvalue weighted by Crippen LogP contribution is 2.20. The molecule has 28 heavy (non-hydrogen) atoms. The molecule has 2 aromatic carbocycles. The summed E-state index contributed by atoms with van der Waals surface area (Å²) in [6.07, 6.45) is 3.54. The maximum Gasteiger partial charge on any atom is 0.270 e. The first kappa shape index (κ1) is 20.3. The number of halogens is 2. The van der Waals surface area contributed by atoms with Gasteiger partial charge in [0.25, 0.3) is 11.8 Å². The zero-order chi connectivity index (χ0) is 20.1. The predicted molar refractivity (Wildman–Crippen MR) is 111 cm³/mol. The number of amides is 2. The van der Waals surface area contributed by atoms with Crippen molar-refractivity contribution in [1.29, 1.82) is 0 Å². The molecule has 3 rings (SSSR count). The average Bonchev–Trinajstić information content (AvgIpc) is 2.67. The lowest BCUT2D eigenvalue weighted by molar-refractivity contribution is -0.129. The van der Waals surface area contributed by atoms with Gasteiger partial charge in [-0.1, -0.05) is 31.2 Å². The van der Waals surface area contributed by atoms with Gasteiger partial charge in [0.05, 0.1) is 5.56 Å². The summed E-state index contributed by atoms with van der Waals surface area (Å²) in [5.74, 6) is -0.638. The number of carbonyl (C=O) groups is 2. The topological polar surface area (TPSA) is 49.4 Å². The minimum atomic E-state index is -0.399. The number of hydrogen-bond donors (Lipinski definition) is 1. The first-order valence-corrected chi connectivity index (χ1v) is 10.1. The monoisotopic (exact) mass is 444 g/mol. The van der Waals surface area contributed by atoms with E-state index in [1.54, 1.807) is 35.2 Å². The first-order chi connectivity index (χ1) is 13.4. The number of nitrogens with zero attached hydrogens (tertiary/aromatic N) is 1. The number of carbonyl (C=O) groups excluding carboxylic acids is 2. The van der Waals surface area contributed by atoms with Crippen LogP contribution in [-0.2, 0) is 4.79 Å². The molecule has 0 unspecified atom stereocenters. The molecule has 1 atom stereocenters. The van der Waals surface area contributed by atoms with Gasteiger partial charge >= 0.3 is 0 Å². The van der Waals surface area contributed by atoms with Gasteiger partial charge in [-0.15, -0.1) is 0 Å². The molecule has 0 spiro atoms. The van der Waals surface area contributed by atoms with E-state index >= 15 is 0 Å². The fraction of sp³-hybridized carbons (Fsp3) is 0.273. The largest absolute Gasteiger partial charge is 0.337 e. The molecule has 2 amide bonds. The Morgan fingerprint density at radius 3 is 2.71 bits per heavy atom. The van der Waals surface area contributed by atoms with Crippen molar-refractivity contribution in [2.75, 3.05) is 13.1 Å². The average molecular weight is 445 g/mol. The summed E-state index contributed by atoms with van der Waals surface area (Å²) in [7, 11) is 0. The molecule has 1 saturated heterocycles. The molecule has 2 aromatic rings. The van der Waals surface area contributed by atoms with Crippen molar-refractivity contribution in [3.8, 4) is 0 Å². The summed E-state index contributed by atoms with van der Waals surface area (Å²) in [5.41, 5.74) is 1.08. The molecule has 0 radical (unpaired) electrons. The van der Waals surface area contributed by atoms with E-state index in [-0.39, 0.29) is 11.6 Å². The summed E-state index contributed by atoms with van der Waals surface area (Å²) in [4.78, 5) is 27.6. The Hall–Kier alpha value is -2.47. The van der Waals surface area contributed by atoms with Gasteiger partial charge < -0.3 is 10.2 Å². The van der Waals surface area contributed by atoms with Crippen LogP contribution in [0.2, 0.25) is 0 Å². The normalized spacial score (nSPS) is 17.3. The highest BCUT2D eigenvalue weighted by Gasteiger charge is 2.25. The van der Waals surface area contributed by atoms with Crippen LogP contribution in [0, 0.1) is 11.7 Å². The predicted octanol–water partition coefficient (Wildman–Crippen LogP) is 4.62. The van der Waals surface area contributed by atoms with Crippen LogP contribution < -0.4 is 5.32 Å². The number of piperidine rings is 1. The van der Waals surface area contributed by atoms with E-state index in [0.29, 0.717) is 34.6 Å². The SMILES string of the molecule is C[C@H]1CCCN(C(=O)/C(=C\c2cccc(F)c2)NC(=O)c2ccccc2Br)C1. The first-order valence-electron chi connectivity index (χ1n) is 9.26. The van der Waals surface area contributed by atoms with Gasteiger partial charge in [-0.2, -0.15) is 0 Å². The van der Waals surface area contributed by atoms with Gasteiger partial charge in [-0.3, -0.25) is 9.59 Å². The fourth-order valence-corrected chi connectivity index (χ4v) is 3.76. The summed E-state index contributed by atoms with van der Waals surface area (Å²) in [6.45, 7) is 3.40. The molecule has 1 heterocycles. The molecular weight excluding hydrogens is 423 g/mol. The Kier molecular flexibility index (Phi) is 6.62. The summed E-state index contributed by atoms with van der Waals surface area (Å²) in [5, 5.41) is 2.73. The van der Waals surface area contributed by atoms with Gasteiger partial charge in [0.15, 0.2) is 0 Å². The molecule has 1 aliphatic heterocycles. The third-order valence-electron chi connectivity index (χ3n) is 4.70. The standard InChI is InChI=1S/C22H22BrFN2O2/c1-15-6-5-11-26(14-15)22(28)20(13-16-7-4-8-17(24)12-16)25-21(27)18-9-2-3-10-19(18)23/h2-4,7-10,12-13,15H,5-6,11,14H2,1H3,(H,25,27)/b20-13+/t15-/m0/s1. The van der Waals surface area contributed by atoms with Crippen molar-refractivity contribution in [3.63, 3.8) is 0 Å². The van der Waals surface area contributed by atoms with Crippen LogP contribution in [0.25, 0.3) is 6.08 Å². The molecule has 1 aliphatic rings. The zero-order valence-electron chi connectivity index (χ0n) is 15.6. The molecule has 0 saturated carbocycles. The quantitative estimate of drug-likeness (QED) is 0.699. The molecule has 0 bridgehead atoms. The minimum absolute atomic E-state index is 0.139. The Bertz CT molecular complexity index is 913. The van der Waals surface area contributed by atoms with Crippen LogP contribution in [0.15, 0.2) is 58.7 Å². The van der Waals surface area contributed by atoms with Crippen LogP contribution in [0.3, 0.4) is 0 Å². The Morgan fingerprint density at radius 2 is 2.00 bits per heavy atom. The molecule has 146 valence electrons.